The van der Waals surface area contributed by atoms with Gasteiger partial charge >= 0.3 is 0 Å². The van der Waals surface area contributed by atoms with Crippen molar-refractivity contribution in [2.24, 2.45) is 0 Å². The van der Waals surface area contributed by atoms with Crippen molar-refractivity contribution in [1.82, 2.24) is 13.3 Å². The maximum atomic E-state index is 6.52. The van der Waals surface area contributed by atoms with Gasteiger partial charge in [-0.15, -0.1) is 56.7 Å². The van der Waals surface area contributed by atoms with Crippen molar-refractivity contribution in [3.8, 4) is 60.6 Å². The van der Waals surface area contributed by atoms with Crippen LogP contribution in [0.2, 0.25) is 0 Å². The molecule has 0 atom stereocenters. The number of thiophene rings is 5. The average molecular weight is 1160 g/mol. The number of benzene rings is 3. The van der Waals surface area contributed by atoms with E-state index in [1.54, 1.807) is 0 Å². The highest BCUT2D eigenvalue weighted by Crippen LogP contribution is 2.49. The fraction of sp³-hybridized carbons (Fsp3) is 0.441. The third-order valence-corrected chi connectivity index (χ3v) is 22.3. The van der Waals surface area contributed by atoms with Gasteiger partial charge in [-0.3, -0.25) is 0 Å². The van der Waals surface area contributed by atoms with Crippen molar-refractivity contribution in [3.05, 3.63) is 118 Å². The van der Waals surface area contributed by atoms with Gasteiger partial charge in [-0.25, -0.2) is 0 Å². The highest BCUT2D eigenvalue weighted by molar-refractivity contribution is 7.29. The number of ether oxygens (including phenoxy) is 2. The molecule has 0 saturated carbocycles. The van der Waals surface area contributed by atoms with Crippen LogP contribution in [-0.2, 0) is 35.7 Å². The molecule has 0 N–H and O–H groups in total. The first kappa shape index (κ1) is 57.9. The summed E-state index contributed by atoms with van der Waals surface area (Å²) in [7, 11) is 0. The Bertz CT molecular complexity index is 3540. The normalized spacial score (nSPS) is 12.0. The molecule has 0 unspecified atom stereocenters. The second kappa shape index (κ2) is 28.6. The van der Waals surface area contributed by atoms with E-state index in [0.29, 0.717) is 13.2 Å². The molecular weight excluding hydrogens is 1080 g/mol. The Kier molecular flexibility index (Phi) is 21.0. The van der Waals surface area contributed by atoms with Gasteiger partial charge < -0.3 is 14.0 Å². The molecule has 0 spiro atoms. The van der Waals surface area contributed by atoms with Crippen LogP contribution in [0.5, 0.6) is 0 Å². The van der Waals surface area contributed by atoms with Gasteiger partial charge in [-0.2, -0.15) is 8.75 Å². The molecule has 0 radical (unpaired) electrons. The van der Waals surface area contributed by atoms with Gasteiger partial charge in [0.1, 0.15) is 11.0 Å². The number of nitrogens with zero attached hydrogens (tertiary/aromatic N) is 3. The highest BCUT2D eigenvalue weighted by Gasteiger charge is 2.23. The zero-order valence-electron chi connectivity index (χ0n) is 47.7. The minimum Gasteiger partial charge on any atom is -0.377 e. The smallest absolute Gasteiger partial charge is 0.114 e. The van der Waals surface area contributed by atoms with Gasteiger partial charge in [0, 0.05) is 96.6 Å². The van der Waals surface area contributed by atoms with Crippen molar-refractivity contribution in [3.63, 3.8) is 0 Å². The van der Waals surface area contributed by atoms with Gasteiger partial charge in [-0.05, 0) is 135 Å². The average Bonchev–Trinajstić information content (AvgIpc) is 4.37. The monoisotopic (exact) mass is 1160 g/mol. The standard InChI is InChI=1S/C68H81N3O2S6/c1-7-11-15-19-20-22-36-71-56-30-26-46(5)39-54(56)55-41-49(27-31-57(55)71)66-50(44-72-37-23-17-13-9-3)42-62(77-66)52-28-29-53(65-64(52)69-79-70-65)63-43-51(45-73-38-24-18-14-10-4)68(78-63)61-35-33-59(76-61)58-32-34-60(75-58)67-48(40-47(6)74-67)25-21-16-12-8-2/h26-35,39-43H,7-25,36-38,44-45H2,1-6H3. The molecule has 11 heteroatoms. The fourth-order valence-corrected chi connectivity index (χ4v) is 17.6. The van der Waals surface area contributed by atoms with E-state index in [0.717, 1.165) is 54.8 Å². The Morgan fingerprint density at radius 2 is 0.924 bits per heavy atom. The maximum absolute atomic E-state index is 6.52. The molecule has 10 rings (SSSR count). The summed E-state index contributed by atoms with van der Waals surface area (Å²) in [5.41, 5.74) is 13.4. The predicted octanol–water partition coefficient (Wildman–Crippen LogP) is 23.4. The van der Waals surface area contributed by atoms with Crippen LogP contribution in [0.3, 0.4) is 0 Å². The molecule has 79 heavy (non-hydrogen) atoms. The molecule has 0 aliphatic carbocycles. The van der Waals surface area contributed by atoms with Gasteiger partial charge in [0.2, 0.25) is 0 Å². The maximum Gasteiger partial charge on any atom is 0.114 e. The molecule has 7 heterocycles. The lowest BCUT2D eigenvalue weighted by molar-refractivity contribution is 0.117. The van der Waals surface area contributed by atoms with E-state index in [9.17, 15) is 0 Å². The number of aromatic nitrogens is 3. The van der Waals surface area contributed by atoms with Crippen molar-refractivity contribution in [1.29, 1.82) is 0 Å². The molecule has 5 nitrogen and oxygen atoms in total. The third kappa shape index (κ3) is 14.0. The molecule has 0 bridgehead atoms. The lowest BCUT2D eigenvalue weighted by Crippen LogP contribution is -1.98. The van der Waals surface area contributed by atoms with Crippen LogP contribution in [0.25, 0.3) is 93.4 Å². The van der Waals surface area contributed by atoms with Crippen molar-refractivity contribution in [2.75, 3.05) is 13.2 Å². The van der Waals surface area contributed by atoms with Gasteiger partial charge in [0.25, 0.3) is 0 Å². The number of fused-ring (bicyclic) bond motifs is 4. The van der Waals surface area contributed by atoms with E-state index in [4.69, 9.17) is 18.2 Å². The van der Waals surface area contributed by atoms with E-state index >= 15 is 0 Å². The molecule has 3 aromatic carbocycles. The second-order valence-corrected chi connectivity index (χ2v) is 27.9. The third-order valence-electron chi connectivity index (χ3n) is 15.5. The summed E-state index contributed by atoms with van der Waals surface area (Å²) in [5.74, 6) is 0. The Morgan fingerprint density at radius 3 is 1.54 bits per heavy atom. The summed E-state index contributed by atoms with van der Waals surface area (Å²) in [5, 5.41) is 2.68. The molecule has 0 amide bonds. The number of hydrogen-bond donors (Lipinski definition) is 0. The summed E-state index contributed by atoms with van der Waals surface area (Å²) in [4.78, 5) is 13.2. The van der Waals surface area contributed by atoms with Gasteiger partial charge in [0.15, 0.2) is 0 Å². The van der Waals surface area contributed by atoms with E-state index in [-0.39, 0.29) is 0 Å². The summed E-state index contributed by atoms with van der Waals surface area (Å²) < 4.78 is 25.7. The molecule has 416 valence electrons. The largest absolute Gasteiger partial charge is 0.377 e. The van der Waals surface area contributed by atoms with Crippen molar-refractivity contribution < 1.29 is 9.47 Å². The summed E-state index contributed by atoms with van der Waals surface area (Å²) >= 11 is 10.9. The van der Waals surface area contributed by atoms with Crippen LogP contribution in [-0.4, -0.2) is 26.5 Å². The first-order chi connectivity index (χ1) is 38.8. The van der Waals surface area contributed by atoms with Gasteiger partial charge in [0.05, 0.1) is 29.8 Å². The number of aryl methyl sites for hydroxylation is 4. The molecule has 0 aliphatic heterocycles. The zero-order chi connectivity index (χ0) is 54.5. The second-order valence-electron chi connectivity index (χ2n) is 21.8. The quantitative estimate of drug-likeness (QED) is 0.0394. The van der Waals surface area contributed by atoms with E-state index in [1.807, 2.05) is 56.7 Å². The van der Waals surface area contributed by atoms with E-state index in [1.165, 1.54) is 219 Å². The van der Waals surface area contributed by atoms with Crippen LogP contribution in [0.15, 0.2) is 91.0 Å². The highest BCUT2D eigenvalue weighted by atomic mass is 32.1. The molecule has 0 fully saturated rings. The summed E-state index contributed by atoms with van der Waals surface area (Å²) in [6.07, 6.45) is 23.6. The zero-order valence-corrected chi connectivity index (χ0v) is 52.6. The SMILES string of the molecule is CCCCCCCCn1c2ccc(C)cc2c2cc(-c3sc(-c4ccc(-c5cc(COCCCCCC)c(-c6ccc(-c7ccc(-c8sc(C)cc8CCCCCC)s7)s6)s5)c5nsnc45)cc3COCCCCCC)ccc21. The van der Waals surface area contributed by atoms with Crippen LogP contribution < -0.4 is 0 Å². The molecule has 0 aliphatic rings. The molecule has 10 aromatic rings. The fourth-order valence-electron chi connectivity index (χ4n) is 11.2. The van der Waals surface area contributed by atoms with Crippen molar-refractivity contribution in [2.45, 2.75) is 183 Å². The minimum atomic E-state index is 0.583. The van der Waals surface area contributed by atoms with Crippen LogP contribution in [0.4, 0.5) is 0 Å². The number of hydrogen-bond acceptors (Lipinski definition) is 10. The Hall–Kier alpha value is -4.30. The molecular formula is C68H81N3O2S6. The summed E-state index contributed by atoms with van der Waals surface area (Å²) in [6.45, 7) is 17.4. The van der Waals surface area contributed by atoms with Crippen molar-refractivity contribution >= 4 is 101 Å². The Labute approximate surface area is 495 Å². The Balaban J connectivity index is 0.964. The van der Waals surface area contributed by atoms with E-state index < -0.39 is 0 Å². The topological polar surface area (TPSA) is 49.2 Å². The van der Waals surface area contributed by atoms with Crippen LogP contribution >= 0.6 is 68.4 Å². The first-order valence-corrected chi connectivity index (χ1v) is 34.7. The summed E-state index contributed by atoms with van der Waals surface area (Å²) in [6, 6.07) is 35.4. The minimum absolute atomic E-state index is 0.583. The Morgan fingerprint density at radius 1 is 0.418 bits per heavy atom. The lowest BCUT2D eigenvalue weighted by Gasteiger charge is -2.09. The van der Waals surface area contributed by atoms with Crippen LogP contribution in [0, 0.1) is 13.8 Å². The predicted molar refractivity (Wildman–Crippen MR) is 351 cm³/mol. The molecule has 0 saturated heterocycles. The van der Waals surface area contributed by atoms with Crippen LogP contribution in [0.1, 0.15) is 170 Å². The lowest BCUT2D eigenvalue weighted by atomic mass is 10.0. The first-order valence-electron chi connectivity index (χ1n) is 29.9. The number of unbranched alkanes of at least 4 members (excludes halogenated alkanes) is 14. The van der Waals surface area contributed by atoms with Gasteiger partial charge in [-0.1, -0.05) is 147 Å². The van der Waals surface area contributed by atoms with E-state index in [2.05, 4.69) is 137 Å². The molecule has 7 aromatic heterocycles. The number of rotatable bonds is 32.